The van der Waals surface area contributed by atoms with Crippen LogP contribution in [-0.2, 0) is 27.8 Å². The summed E-state index contributed by atoms with van der Waals surface area (Å²) in [5, 5.41) is 3.23. The molecule has 0 radical (unpaired) electrons. The quantitative estimate of drug-likeness (QED) is 0.789. The van der Waals surface area contributed by atoms with Gasteiger partial charge in [0.2, 0.25) is 10.0 Å². The van der Waals surface area contributed by atoms with Crippen LogP contribution in [0.5, 0.6) is 0 Å². The molecule has 1 aliphatic heterocycles. The zero-order valence-corrected chi connectivity index (χ0v) is 13.6. The largest absolute Gasteiger partial charge is 0.381 e. The van der Waals surface area contributed by atoms with Crippen LogP contribution in [0.2, 0.25) is 0 Å². The summed E-state index contributed by atoms with van der Waals surface area (Å²) in [6.45, 7) is 7.58. The second kappa shape index (κ2) is 7.40. The molecule has 2 N–H and O–H groups in total. The number of nitrogens with zero attached hydrogens (tertiary/aromatic N) is 1. The average molecular weight is 315 g/mol. The number of hydrogen-bond acceptors (Lipinski definition) is 4. The van der Waals surface area contributed by atoms with Gasteiger partial charge in [0, 0.05) is 44.2 Å². The van der Waals surface area contributed by atoms with E-state index >= 15 is 0 Å². The van der Waals surface area contributed by atoms with Crippen LogP contribution in [0.25, 0.3) is 0 Å². The smallest absolute Gasteiger partial charge is 0.242 e. The highest BCUT2D eigenvalue weighted by Crippen LogP contribution is 2.17. The number of aromatic nitrogens is 1. The maximum absolute atomic E-state index is 12.5. The zero-order chi connectivity index (χ0) is 15.3. The van der Waals surface area contributed by atoms with Crippen LogP contribution in [0, 0.1) is 0 Å². The first kappa shape index (κ1) is 16.5. The molecule has 1 saturated heterocycles. The van der Waals surface area contributed by atoms with E-state index in [4.69, 9.17) is 4.74 Å². The molecular weight excluding hydrogens is 290 g/mol. The van der Waals surface area contributed by atoms with Gasteiger partial charge in [0.25, 0.3) is 0 Å². The van der Waals surface area contributed by atoms with Crippen molar-refractivity contribution in [1.82, 2.24) is 14.6 Å². The van der Waals surface area contributed by atoms with Gasteiger partial charge >= 0.3 is 0 Å². The SMILES string of the molecule is CCNCc1cc(S(=O)(=O)NC2CCOCC2)cn1CC. The van der Waals surface area contributed by atoms with E-state index in [9.17, 15) is 8.42 Å². The fourth-order valence-electron chi connectivity index (χ4n) is 2.47. The summed E-state index contributed by atoms with van der Waals surface area (Å²) in [6.07, 6.45) is 3.18. The minimum absolute atomic E-state index is 0.0223. The van der Waals surface area contributed by atoms with Crippen molar-refractivity contribution >= 4 is 10.0 Å². The van der Waals surface area contributed by atoms with E-state index < -0.39 is 10.0 Å². The van der Waals surface area contributed by atoms with Crippen LogP contribution in [0.4, 0.5) is 0 Å². The van der Waals surface area contributed by atoms with Gasteiger partial charge in [-0.15, -0.1) is 0 Å². The Morgan fingerprint density at radius 1 is 1.33 bits per heavy atom. The summed E-state index contributed by atoms with van der Waals surface area (Å²) in [7, 11) is -3.45. The number of ether oxygens (including phenoxy) is 1. The van der Waals surface area contributed by atoms with Crippen LogP contribution in [-0.4, -0.2) is 38.8 Å². The van der Waals surface area contributed by atoms with Crippen molar-refractivity contribution in [2.24, 2.45) is 0 Å². The Bertz CT molecular complexity index is 548. The highest BCUT2D eigenvalue weighted by molar-refractivity contribution is 7.89. The lowest BCUT2D eigenvalue weighted by molar-refractivity contribution is 0.0832. The average Bonchev–Trinajstić information content (AvgIpc) is 2.90. The van der Waals surface area contributed by atoms with Gasteiger partial charge in [0.15, 0.2) is 0 Å². The van der Waals surface area contributed by atoms with Crippen LogP contribution in [0.3, 0.4) is 0 Å². The van der Waals surface area contributed by atoms with E-state index in [1.54, 1.807) is 12.3 Å². The molecule has 2 rings (SSSR count). The molecule has 1 fully saturated rings. The molecule has 0 aliphatic carbocycles. The van der Waals surface area contributed by atoms with Crippen molar-refractivity contribution in [1.29, 1.82) is 0 Å². The van der Waals surface area contributed by atoms with Crippen molar-refractivity contribution in [3.05, 3.63) is 18.0 Å². The highest BCUT2D eigenvalue weighted by atomic mass is 32.2. The molecule has 0 unspecified atom stereocenters. The van der Waals surface area contributed by atoms with Gasteiger partial charge < -0.3 is 14.6 Å². The zero-order valence-electron chi connectivity index (χ0n) is 12.8. The van der Waals surface area contributed by atoms with Gasteiger partial charge in [-0.3, -0.25) is 0 Å². The normalized spacial score (nSPS) is 17.2. The van der Waals surface area contributed by atoms with Gasteiger partial charge in [0.1, 0.15) is 0 Å². The van der Waals surface area contributed by atoms with Crippen molar-refractivity contribution < 1.29 is 13.2 Å². The van der Waals surface area contributed by atoms with Crippen molar-refractivity contribution in [2.45, 2.75) is 50.7 Å². The lowest BCUT2D eigenvalue weighted by Gasteiger charge is -2.22. The topological polar surface area (TPSA) is 72.4 Å². The minimum Gasteiger partial charge on any atom is -0.381 e. The second-order valence-electron chi connectivity index (χ2n) is 5.24. The third kappa shape index (κ3) is 4.29. The molecule has 2 heterocycles. The maximum Gasteiger partial charge on any atom is 0.242 e. The minimum atomic E-state index is -3.45. The molecule has 0 aromatic carbocycles. The first-order chi connectivity index (χ1) is 10.1. The monoisotopic (exact) mass is 315 g/mol. The molecule has 0 bridgehead atoms. The number of rotatable bonds is 7. The van der Waals surface area contributed by atoms with Crippen molar-refractivity contribution in [3.8, 4) is 0 Å². The number of sulfonamides is 1. The molecule has 0 spiro atoms. The Hall–Kier alpha value is -0.890. The van der Waals surface area contributed by atoms with Gasteiger partial charge in [-0.05, 0) is 32.4 Å². The Morgan fingerprint density at radius 3 is 2.67 bits per heavy atom. The van der Waals surface area contributed by atoms with Crippen LogP contribution >= 0.6 is 0 Å². The molecule has 120 valence electrons. The molecule has 0 atom stereocenters. The summed E-state index contributed by atoms with van der Waals surface area (Å²) in [6, 6.07) is 1.74. The Morgan fingerprint density at radius 2 is 2.05 bits per heavy atom. The lowest BCUT2D eigenvalue weighted by Crippen LogP contribution is -2.38. The molecule has 6 nitrogen and oxygen atoms in total. The van der Waals surface area contributed by atoms with Gasteiger partial charge in [0.05, 0.1) is 4.90 Å². The van der Waals surface area contributed by atoms with Gasteiger partial charge in [-0.2, -0.15) is 0 Å². The Balaban J connectivity index is 2.13. The molecule has 1 aromatic rings. The lowest BCUT2D eigenvalue weighted by atomic mass is 10.1. The first-order valence-corrected chi connectivity index (χ1v) is 9.05. The summed E-state index contributed by atoms with van der Waals surface area (Å²) in [5.74, 6) is 0. The molecule has 0 saturated carbocycles. The van der Waals surface area contributed by atoms with E-state index in [0.29, 0.717) is 24.7 Å². The molecule has 0 amide bonds. The third-order valence-corrected chi connectivity index (χ3v) is 5.20. The summed E-state index contributed by atoms with van der Waals surface area (Å²) in [5.41, 5.74) is 0.992. The number of hydrogen-bond donors (Lipinski definition) is 2. The van der Waals surface area contributed by atoms with Crippen molar-refractivity contribution in [2.75, 3.05) is 19.8 Å². The van der Waals surface area contributed by atoms with Crippen LogP contribution < -0.4 is 10.0 Å². The predicted molar refractivity (Wildman–Crippen MR) is 81.6 cm³/mol. The van der Waals surface area contributed by atoms with Gasteiger partial charge in [-0.1, -0.05) is 6.92 Å². The Kier molecular flexibility index (Phi) is 5.80. The van der Waals surface area contributed by atoms with Gasteiger partial charge in [-0.25, -0.2) is 13.1 Å². The third-order valence-electron chi connectivity index (χ3n) is 3.71. The van der Waals surface area contributed by atoms with E-state index in [2.05, 4.69) is 10.0 Å². The second-order valence-corrected chi connectivity index (χ2v) is 6.96. The predicted octanol–water partition coefficient (Wildman–Crippen LogP) is 1.07. The molecule has 1 aliphatic rings. The number of nitrogens with one attached hydrogen (secondary N) is 2. The molecule has 7 heteroatoms. The first-order valence-electron chi connectivity index (χ1n) is 7.56. The molecule has 21 heavy (non-hydrogen) atoms. The van der Waals surface area contributed by atoms with Crippen LogP contribution in [0.15, 0.2) is 17.2 Å². The van der Waals surface area contributed by atoms with E-state index in [1.807, 2.05) is 18.4 Å². The maximum atomic E-state index is 12.5. The fourth-order valence-corrected chi connectivity index (χ4v) is 3.84. The van der Waals surface area contributed by atoms with E-state index in [0.717, 1.165) is 31.6 Å². The summed E-state index contributed by atoms with van der Waals surface area (Å²) >= 11 is 0. The molecular formula is C14H25N3O3S. The summed E-state index contributed by atoms with van der Waals surface area (Å²) in [4.78, 5) is 0.351. The standard InChI is InChI=1S/C14H25N3O3S/c1-3-15-10-13-9-14(11-17(13)4-2)21(18,19)16-12-5-7-20-8-6-12/h9,11-12,15-16H,3-8,10H2,1-2H3. The fraction of sp³-hybridized carbons (Fsp3) is 0.714. The Labute approximate surface area is 126 Å². The summed E-state index contributed by atoms with van der Waals surface area (Å²) < 4.78 is 35.0. The van der Waals surface area contributed by atoms with E-state index in [-0.39, 0.29) is 6.04 Å². The molecule has 1 aromatic heterocycles. The van der Waals surface area contributed by atoms with Crippen LogP contribution in [0.1, 0.15) is 32.4 Å². The number of aryl methyl sites for hydroxylation is 1. The highest BCUT2D eigenvalue weighted by Gasteiger charge is 2.23. The van der Waals surface area contributed by atoms with E-state index in [1.165, 1.54) is 0 Å². The van der Waals surface area contributed by atoms with Crippen molar-refractivity contribution in [3.63, 3.8) is 0 Å².